The van der Waals surface area contributed by atoms with E-state index in [1.54, 1.807) is 0 Å². The van der Waals surface area contributed by atoms with Crippen LogP contribution in [0.25, 0.3) is 0 Å². The molecule has 0 heterocycles. The number of halogens is 3. The molecule has 1 aromatic carbocycles. The quantitative estimate of drug-likeness (QED) is 0.649. The Hall–Kier alpha value is -1.27. The Balaban J connectivity index is 0.00000196. The van der Waals surface area contributed by atoms with Gasteiger partial charge in [0.1, 0.15) is 0 Å². The SMILES string of the molecule is Cl.N[C@H](c1cccc([N+](=O)[O-])c1)C(F)F. The van der Waals surface area contributed by atoms with Gasteiger partial charge >= 0.3 is 0 Å². The number of alkyl halides is 2. The van der Waals surface area contributed by atoms with Gasteiger partial charge in [0.2, 0.25) is 0 Å². The van der Waals surface area contributed by atoms with E-state index in [2.05, 4.69) is 0 Å². The van der Waals surface area contributed by atoms with E-state index >= 15 is 0 Å². The number of benzene rings is 1. The van der Waals surface area contributed by atoms with Crippen molar-refractivity contribution in [2.24, 2.45) is 5.73 Å². The summed E-state index contributed by atoms with van der Waals surface area (Å²) >= 11 is 0. The van der Waals surface area contributed by atoms with Crippen molar-refractivity contribution in [3.8, 4) is 0 Å². The van der Waals surface area contributed by atoms with Crippen molar-refractivity contribution < 1.29 is 13.7 Å². The standard InChI is InChI=1S/C8H8F2N2O2.ClH/c9-8(10)7(11)5-2-1-3-6(4-5)12(13)14;/h1-4,7-8H,11H2;1H/t7-;/m1./s1. The number of nitrogens with zero attached hydrogens (tertiary/aromatic N) is 1. The Kier molecular flexibility index (Phi) is 5.10. The zero-order chi connectivity index (χ0) is 10.7. The first-order valence-electron chi connectivity index (χ1n) is 3.80. The molecular weight excluding hydrogens is 230 g/mol. The first-order valence-corrected chi connectivity index (χ1v) is 3.80. The molecule has 84 valence electrons. The highest BCUT2D eigenvalue weighted by molar-refractivity contribution is 5.85. The van der Waals surface area contributed by atoms with E-state index < -0.39 is 17.4 Å². The molecule has 0 spiro atoms. The molecule has 0 amide bonds. The summed E-state index contributed by atoms with van der Waals surface area (Å²) in [5, 5.41) is 10.3. The molecule has 1 atom stereocenters. The summed E-state index contributed by atoms with van der Waals surface area (Å²) in [5.41, 5.74) is 4.96. The van der Waals surface area contributed by atoms with Gasteiger partial charge in [-0.3, -0.25) is 10.1 Å². The van der Waals surface area contributed by atoms with Gasteiger partial charge in [-0.15, -0.1) is 12.4 Å². The number of nitrogens with two attached hydrogens (primary N) is 1. The van der Waals surface area contributed by atoms with Crippen LogP contribution in [-0.2, 0) is 0 Å². The van der Waals surface area contributed by atoms with Crippen LogP contribution < -0.4 is 5.73 Å². The number of hydrogen-bond donors (Lipinski definition) is 1. The minimum atomic E-state index is -2.72. The van der Waals surface area contributed by atoms with Gasteiger partial charge in [-0.2, -0.15) is 0 Å². The summed E-state index contributed by atoms with van der Waals surface area (Å²) in [5.74, 6) is 0. The summed E-state index contributed by atoms with van der Waals surface area (Å²) in [4.78, 5) is 9.67. The molecule has 7 heteroatoms. The first kappa shape index (κ1) is 13.7. The van der Waals surface area contributed by atoms with Gasteiger partial charge in [0.25, 0.3) is 12.1 Å². The Morgan fingerprint density at radius 3 is 2.47 bits per heavy atom. The van der Waals surface area contributed by atoms with E-state index in [4.69, 9.17) is 5.73 Å². The fourth-order valence-electron chi connectivity index (χ4n) is 0.991. The monoisotopic (exact) mass is 238 g/mol. The van der Waals surface area contributed by atoms with Gasteiger partial charge in [0.05, 0.1) is 11.0 Å². The minimum Gasteiger partial charge on any atom is -0.319 e. The lowest BCUT2D eigenvalue weighted by molar-refractivity contribution is -0.384. The second-order valence-corrected chi connectivity index (χ2v) is 2.71. The van der Waals surface area contributed by atoms with Crippen molar-refractivity contribution in [3.05, 3.63) is 39.9 Å². The number of non-ortho nitro benzene ring substituents is 1. The van der Waals surface area contributed by atoms with Gasteiger partial charge in [-0.1, -0.05) is 12.1 Å². The summed E-state index contributed by atoms with van der Waals surface area (Å²) in [6.07, 6.45) is -2.72. The number of rotatable bonds is 3. The molecule has 1 aromatic rings. The zero-order valence-corrected chi connectivity index (χ0v) is 8.29. The third-order valence-corrected chi connectivity index (χ3v) is 1.74. The van der Waals surface area contributed by atoms with Crippen molar-refractivity contribution in [1.82, 2.24) is 0 Å². The molecule has 0 bridgehead atoms. The van der Waals surface area contributed by atoms with Gasteiger partial charge in [-0.05, 0) is 5.56 Å². The average molecular weight is 239 g/mol. The van der Waals surface area contributed by atoms with Crippen molar-refractivity contribution in [1.29, 1.82) is 0 Å². The van der Waals surface area contributed by atoms with E-state index in [0.717, 1.165) is 6.07 Å². The average Bonchev–Trinajstić information content (AvgIpc) is 2.16. The summed E-state index contributed by atoms with van der Waals surface area (Å²) in [6, 6.07) is 3.47. The first-order chi connectivity index (χ1) is 6.52. The molecule has 2 N–H and O–H groups in total. The van der Waals surface area contributed by atoms with Crippen LogP contribution in [0.5, 0.6) is 0 Å². The minimum absolute atomic E-state index is 0. The van der Waals surface area contributed by atoms with E-state index in [-0.39, 0.29) is 23.7 Å². The molecular formula is C8H9ClF2N2O2. The third kappa shape index (κ3) is 3.41. The molecule has 0 aliphatic rings. The van der Waals surface area contributed by atoms with Crippen molar-refractivity contribution in [2.75, 3.05) is 0 Å². The molecule has 0 radical (unpaired) electrons. The molecule has 1 rings (SSSR count). The van der Waals surface area contributed by atoms with Gasteiger partial charge in [0.15, 0.2) is 0 Å². The lowest BCUT2D eigenvalue weighted by Gasteiger charge is -2.09. The van der Waals surface area contributed by atoms with Crippen LogP contribution in [0.1, 0.15) is 11.6 Å². The highest BCUT2D eigenvalue weighted by Gasteiger charge is 2.19. The van der Waals surface area contributed by atoms with E-state index in [1.165, 1.54) is 18.2 Å². The van der Waals surface area contributed by atoms with Gasteiger partial charge in [0, 0.05) is 12.1 Å². The van der Waals surface area contributed by atoms with Crippen LogP contribution in [0.15, 0.2) is 24.3 Å². The maximum Gasteiger partial charge on any atom is 0.269 e. The molecule has 0 saturated carbocycles. The second kappa shape index (κ2) is 5.57. The molecule has 4 nitrogen and oxygen atoms in total. The largest absolute Gasteiger partial charge is 0.319 e. The fourth-order valence-corrected chi connectivity index (χ4v) is 0.991. The van der Waals surface area contributed by atoms with Crippen LogP contribution >= 0.6 is 12.4 Å². The van der Waals surface area contributed by atoms with Crippen molar-refractivity contribution in [3.63, 3.8) is 0 Å². The fraction of sp³-hybridized carbons (Fsp3) is 0.250. The van der Waals surface area contributed by atoms with Crippen LogP contribution in [0.4, 0.5) is 14.5 Å². The Labute approximate surface area is 90.6 Å². The Bertz CT molecular complexity index is 349. The predicted molar refractivity (Wildman–Crippen MR) is 53.3 cm³/mol. The maximum absolute atomic E-state index is 12.2. The predicted octanol–water partition coefficient (Wildman–Crippen LogP) is 2.28. The molecule has 0 saturated heterocycles. The third-order valence-electron chi connectivity index (χ3n) is 1.74. The molecule has 0 aliphatic heterocycles. The Morgan fingerprint density at radius 1 is 1.40 bits per heavy atom. The molecule has 0 unspecified atom stereocenters. The summed E-state index contributed by atoms with van der Waals surface area (Å²) in [6.45, 7) is 0. The van der Waals surface area contributed by atoms with E-state index in [1.807, 2.05) is 0 Å². The second-order valence-electron chi connectivity index (χ2n) is 2.71. The number of nitro benzene ring substituents is 1. The van der Waals surface area contributed by atoms with Crippen LogP contribution in [-0.4, -0.2) is 11.3 Å². The van der Waals surface area contributed by atoms with Crippen molar-refractivity contribution >= 4 is 18.1 Å². The van der Waals surface area contributed by atoms with Crippen LogP contribution in [0.2, 0.25) is 0 Å². The normalized spacial score (nSPS) is 12.0. The topological polar surface area (TPSA) is 69.2 Å². The van der Waals surface area contributed by atoms with Gasteiger partial charge in [-0.25, -0.2) is 8.78 Å². The van der Waals surface area contributed by atoms with E-state index in [9.17, 15) is 18.9 Å². The van der Waals surface area contributed by atoms with Gasteiger partial charge < -0.3 is 5.73 Å². The molecule has 0 fully saturated rings. The molecule has 0 aliphatic carbocycles. The summed E-state index contributed by atoms with van der Waals surface area (Å²) < 4.78 is 24.3. The zero-order valence-electron chi connectivity index (χ0n) is 7.47. The lowest BCUT2D eigenvalue weighted by Crippen LogP contribution is -2.18. The van der Waals surface area contributed by atoms with Crippen LogP contribution in [0.3, 0.4) is 0 Å². The Morgan fingerprint density at radius 2 is 2.00 bits per heavy atom. The molecule has 0 aromatic heterocycles. The molecule has 15 heavy (non-hydrogen) atoms. The maximum atomic E-state index is 12.2. The lowest BCUT2D eigenvalue weighted by atomic mass is 10.1. The number of nitro groups is 1. The highest BCUT2D eigenvalue weighted by Crippen LogP contribution is 2.21. The smallest absolute Gasteiger partial charge is 0.269 e. The van der Waals surface area contributed by atoms with E-state index in [0.29, 0.717) is 0 Å². The van der Waals surface area contributed by atoms with Crippen LogP contribution in [0, 0.1) is 10.1 Å². The number of hydrogen-bond acceptors (Lipinski definition) is 3. The highest BCUT2D eigenvalue weighted by atomic mass is 35.5. The summed E-state index contributed by atoms with van der Waals surface area (Å²) in [7, 11) is 0. The van der Waals surface area contributed by atoms with Crippen molar-refractivity contribution in [2.45, 2.75) is 12.5 Å².